The van der Waals surface area contributed by atoms with Gasteiger partial charge >= 0.3 is 0 Å². The highest BCUT2D eigenvalue weighted by Crippen LogP contribution is 2.24. The summed E-state index contributed by atoms with van der Waals surface area (Å²) in [6, 6.07) is 10.2. The highest BCUT2D eigenvalue weighted by Gasteiger charge is 2.22. The highest BCUT2D eigenvalue weighted by molar-refractivity contribution is 6.03. The number of carbonyl (C=O) groups is 1. The minimum absolute atomic E-state index is 0.210. The van der Waals surface area contributed by atoms with Crippen molar-refractivity contribution < 1.29 is 4.79 Å². The number of nitrogens with one attached hydrogen (secondary N) is 2. The van der Waals surface area contributed by atoms with Crippen molar-refractivity contribution in [3.63, 3.8) is 0 Å². The van der Waals surface area contributed by atoms with Gasteiger partial charge in [0.1, 0.15) is 17.3 Å². The molecule has 2 heterocycles. The molecule has 6 nitrogen and oxygen atoms in total. The Morgan fingerprint density at radius 2 is 1.84 bits per heavy atom. The zero-order chi connectivity index (χ0) is 17.2. The van der Waals surface area contributed by atoms with E-state index in [1.807, 2.05) is 12.1 Å². The maximum absolute atomic E-state index is 12.5. The Labute approximate surface area is 147 Å². The number of hydrogen-bond acceptors (Lipinski definition) is 5. The quantitative estimate of drug-likeness (QED) is 0.877. The molecule has 1 saturated heterocycles. The summed E-state index contributed by atoms with van der Waals surface area (Å²) in [7, 11) is 0. The van der Waals surface area contributed by atoms with Crippen LogP contribution in [-0.4, -0.2) is 35.0 Å². The predicted octanol–water partition coefficient (Wildman–Crippen LogP) is 3.21. The third kappa shape index (κ3) is 3.90. The van der Waals surface area contributed by atoms with Crippen molar-refractivity contribution >= 4 is 23.1 Å². The summed E-state index contributed by atoms with van der Waals surface area (Å²) >= 11 is 0. The van der Waals surface area contributed by atoms with Crippen LogP contribution in [0.3, 0.4) is 0 Å². The molecule has 0 unspecified atom stereocenters. The Kier molecular flexibility index (Phi) is 4.26. The van der Waals surface area contributed by atoms with Gasteiger partial charge in [0.2, 0.25) is 0 Å². The van der Waals surface area contributed by atoms with Gasteiger partial charge in [0.05, 0.1) is 0 Å². The van der Waals surface area contributed by atoms with Crippen LogP contribution in [0.15, 0.2) is 30.3 Å². The first kappa shape index (κ1) is 15.9. The normalized spacial score (nSPS) is 16.8. The molecule has 1 aliphatic carbocycles. The highest BCUT2D eigenvalue weighted by atomic mass is 16.1. The number of aryl methyl sites for hydroxylation is 1. The lowest BCUT2D eigenvalue weighted by molar-refractivity contribution is 0.102. The average Bonchev–Trinajstić information content (AvgIpc) is 3.24. The van der Waals surface area contributed by atoms with Crippen molar-refractivity contribution in [1.82, 2.24) is 9.97 Å². The van der Waals surface area contributed by atoms with Crippen molar-refractivity contribution in [2.75, 3.05) is 28.6 Å². The van der Waals surface area contributed by atoms with Gasteiger partial charge in [-0.1, -0.05) is 0 Å². The number of amides is 1. The Bertz CT molecular complexity index is 764. The van der Waals surface area contributed by atoms with Crippen LogP contribution in [0.1, 0.15) is 42.0 Å². The lowest BCUT2D eigenvalue weighted by Gasteiger charge is -2.17. The van der Waals surface area contributed by atoms with Gasteiger partial charge in [-0.3, -0.25) is 4.79 Å². The fraction of sp³-hybridized carbons (Fsp3) is 0.421. The molecule has 1 aliphatic heterocycles. The molecule has 4 rings (SSSR count). The molecule has 0 radical (unpaired) electrons. The zero-order valence-corrected chi connectivity index (χ0v) is 14.5. The van der Waals surface area contributed by atoms with Crippen LogP contribution in [0, 0.1) is 6.92 Å². The van der Waals surface area contributed by atoms with Crippen molar-refractivity contribution in [1.29, 1.82) is 0 Å². The fourth-order valence-electron chi connectivity index (χ4n) is 3.12. The summed E-state index contributed by atoms with van der Waals surface area (Å²) in [6.07, 6.45) is 4.83. The summed E-state index contributed by atoms with van der Waals surface area (Å²) in [5.41, 5.74) is 2.38. The van der Waals surface area contributed by atoms with E-state index >= 15 is 0 Å². The number of benzene rings is 1. The van der Waals surface area contributed by atoms with E-state index in [0.717, 1.165) is 37.4 Å². The summed E-state index contributed by atoms with van der Waals surface area (Å²) in [5.74, 6) is 1.11. The molecule has 25 heavy (non-hydrogen) atoms. The number of carbonyl (C=O) groups excluding carboxylic acids is 1. The monoisotopic (exact) mass is 337 g/mol. The Morgan fingerprint density at radius 3 is 2.52 bits per heavy atom. The van der Waals surface area contributed by atoms with Gasteiger partial charge in [-0.25, -0.2) is 9.97 Å². The van der Waals surface area contributed by atoms with E-state index in [1.165, 1.54) is 18.5 Å². The number of anilines is 3. The smallest absolute Gasteiger partial charge is 0.274 e. The van der Waals surface area contributed by atoms with Gasteiger partial charge in [-0.15, -0.1) is 0 Å². The summed E-state index contributed by atoms with van der Waals surface area (Å²) in [4.78, 5) is 23.5. The first-order chi connectivity index (χ1) is 12.2. The Balaban J connectivity index is 1.44. The van der Waals surface area contributed by atoms with Crippen LogP contribution in [0.4, 0.5) is 17.2 Å². The molecule has 130 valence electrons. The summed E-state index contributed by atoms with van der Waals surface area (Å²) in [6.45, 7) is 4.03. The molecule has 1 amide bonds. The van der Waals surface area contributed by atoms with Crippen molar-refractivity contribution in [2.45, 2.75) is 38.6 Å². The van der Waals surface area contributed by atoms with Crippen LogP contribution in [-0.2, 0) is 0 Å². The van der Waals surface area contributed by atoms with Crippen LogP contribution < -0.4 is 15.5 Å². The van der Waals surface area contributed by atoms with Gasteiger partial charge in [0, 0.05) is 36.6 Å². The molecule has 1 aromatic carbocycles. The van der Waals surface area contributed by atoms with Crippen LogP contribution in [0.2, 0.25) is 0 Å². The van der Waals surface area contributed by atoms with Gasteiger partial charge in [0.15, 0.2) is 0 Å². The molecular formula is C19H23N5O. The molecule has 2 N–H and O–H groups in total. The van der Waals surface area contributed by atoms with E-state index in [9.17, 15) is 4.79 Å². The second-order valence-electron chi connectivity index (χ2n) is 6.80. The molecule has 0 bridgehead atoms. The number of rotatable bonds is 5. The van der Waals surface area contributed by atoms with Gasteiger partial charge in [-0.2, -0.15) is 0 Å². The van der Waals surface area contributed by atoms with Crippen molar-refractivity contribution in [2.24, 2.45) is 0 Å². The van der Waals surface area contributed by atoms with E-state index in [-0.39, 0.29) is 5.91 Å². The largest absolute Gasteiger partial charge is 0.372 e. The molecule has 0 spiro atoms. The molecule has 1 aromatic heterocycles. The number of hydrogen-bond donors (Lipinski definition) is 2. The standard InChI is InChI=1S/C19H23N5O/c1-13-20-17(12-18(21-13)22-14-4-5-14)19(25)23-15-6-8-16(9-7-15)24-10-2-3-11-24/h6-9,12,14H,2-5,10-11H2,1H3,(H,23,25)(H,20,21,22). The van der Waals surface area contributed by atoms with Crippen LogP contribution in [0.25, 0.3) is 0 Å². The lowest BCUT2D eigenvalue weighted by atomic mass is 10.2. The SMILES string of the molecule is Cc1nc(NC2CC2)cc(C(=O)Nc2ccc(N3CCCC3)cc2)n1. The van der Waals surface area contributed by atoms with E-state index < -0.39 is 0 Å². The fourth-order valence-corrected chi connectivity index (χ4v) is 3.12. The van der Waals surface area contributed by atoms with E-state index in [1.54, 1.807) is 13.0 Å². The molecule has 0 atom stereocenters. The van der Waals surface area contributed by atoms with Crippen molar-refractivity contribution in [3.05, 3.63) is 41.9 Å². The molecule has 6 heteroatoms. The van der Waals surface area contributed by atoms with Crippen molar-refractivity contribution in [3.8, 4) is 0 Å². The number of aromatic nitrogens is 2. The third-order valence-electron chi connectivity index (χ3n) is 4.60. The summed E-state index contributed by atoms with van der Waals surface area (Å²) < 4.78 is 0. The topological polar surface area (TPSA) is 70.2 Å². The van der Waals surface area contributed by atoms with Crippen LogP contribution >= 0.6 is 0 Å². The first-order valence-electron chi connectivity index (χ1n) is 8.96. The lowest BCUT2D eigenvalue weighted by Crippen LogP contribution is -2.18. The zero-order valence-electron chi connectivity index (χ0n) is 14.5. The molecule has 2 fully saturated rings. The minimum Gasteiger partial charge on any atom is -0.372 e. The van der Waals surface area contributed by atoms with Gasteiger partial charge in [0.25, 0.3) is 5.91 Å². The second-order valence-corrected chi connectivity index (χ2v) is 6.80. The molecular weight excluding hydrogens is 314 g/mol. The minimum atomic E-state index is -0.210. The number of nitrogens with zero attached hydrogens (tertiary/aromatic N) is 3. The van der Waals surface area contributed by atoms with Gasteiger partial charge in [-0.05, 0) is 56.9 Å². The maximum atomic E-state index is 12.5. The summed E-state index contributed by atoms with van der Waals surface area (Å²) in [5, 5.41) is 6.24. The van der Waals surface area contributed by atoms with Gasteiger partial charge < -0.3 is 15.5 Å². The van der Waals surface area contributed by atoms with Crippen LogP contribution in [0.5, 0.6) is 0 Å². The Hall–Kier alpha value is -2.63. The average molecular weight is 337 g/mol. The van der Waals surface area contributed by atoms with E-state index in [2.05, 4.69) is 37.6 Å². The van der Waals surface area contributed by atoms with E-state index in [0.29, 0.717) is 17.6 Å². The molecule has 2 aliphatic rings. The Morgan fingerprint density at radius 1 is 1.12 bits per heavy atom. The first-order valence-corrected chi connectivity index (χ1v) is 8.96. The molecule has 2 aromatic rings. The maximum Gasteiger partial charge on any atom is 0.274 e. The predicted molar refractivity (Wildman–Crippen MR) is 99.3 cm³/mol. The second kappa shape index (κ2) is 6.70. The third-order valence-corrected chi connectivity index (χ3v) is 4.60. The van der Waals surface area contributed by atoms with E-state index in [4.69, 9.17) is 0 Å². The molecule has 1 saturated carbocycles.